The summed E-state index contributed by atoms with van der Waals surface area (Å²) < 4.78 is 42.2. The topological polar surface area (TPSA) is 38.1 Å². The van der Waals surface area contributed by atoms with Gasteiger partial charge in [0.1, 0.15) is 6.26 Å². The largest absolute Gasteiger partial charge is 0.443 e. The van der Waals surface area contributed by atoms with Crippen LogP contribution in [-0.2, 0) is 6.18 Å². The van der Waals surface area contributed by atoms with Crippen molar-refractivity contribution >= 4 is 18.0 Å². The van der Waals surface area contributed by atoms with Gasteiger partial charge < -0.3 is 9.73 Å². The molecule has 0 fully saturated rings. The van der Waals surface area contributed by atoms with Crippen molar-refractivity contribution in [3.05, 3.63) is 47.5 Å². The van der Waals surface area contributed by atoms with E-state index in [9.17, 15) is 13.2 Å². The van der Waals surface area contributed by atoms with Gasteiger partial charge in [-0.25, -0.2) is 0 Å². The number of alkyl halides is 3. The van der Waals surface area contributed by atoms with Crippen LogP contribution in [0.4, 0.5) is 19.0 Å². The van der Waals surface area contributed by atoms with Crippen molar-refractivity contribution in [2.45, 2.75) is 6.18 Å². The number of halogens is 3. The molecule has 2 aromatic rings. The fourth-order valence-corrected chi connectivity index (χ4v) is 1.43. The third-order valence-corrected chi connectivity index (χ3v) is 2.43. The van der Waals surface area contributed by atoms with Crippen molar-refractivity contribution in [2.24, 2.45) is 0 Å². The standard InChI is InChI=1S/C13H11F3N2O/c1-17-11-8-19-12(18-11)7-4-9-2-5-10(6-3-9)13(14,15)16/h2-8,17H,1H3/b7-4+. The second-order valence-electron chi connectivity index (χ2n) is 3.77. The number of benzene rings is 1. The highest BCUT2D eigenvalue weighted by atomic mass is 19.4. The Labute approximate surface area is 107 Å². The summed E-state index contributed by atoms with van der Waals surface area (Å²) >= 11 is 0. The van der Waals surface area contributed by atoms with Gasteiger partial charge in [0.15, 0.2) is 5.82 Å². The molecule has 3 nitrogen and oxygen atoms in total. The minimum Gasteiger partial charge on any atom is -0.443 e. The fourth-order valence-electron chi connectivity index (χ4n) is 1.43. The molecule has 0 spiro atoms. The number of rotatable bonds is 3. The van der Waals surface area contributed by atoms with Crippen molar-refractivity contribution in [3.63, 3.8) is 0 Å². The van der Waals surface area contributed by atoms with Gasteiger partial charge in [0.25, 0.3) is 0 Å². The van der Waals surface area contributed by atoms with Crippen LogP contribution < -0.4 is 5.32 Å². The molecule has 0 unspecified atom stereocenters. The number of anilines is 1. The average molecular weight is 268 g/mol. The molecule has 1 aromatic heterocycles. The molecule has 19 heavy (non-hydrogen) atoms. The van der Waals surface area contributed by atoms with Gasteiger partial charge in [-0.3, -0.25) is 0 Å². The first-order valence-electron chi connectivity index (χ1n) is 5.47. The molecule has 0 aliphatic rings. The van der Waals surface area contributed by atoms with Crippen LogP contribution in [0.5, 0.6) is 0 Å². The first-order valence-corrected chi connectivity index (χ1v) is 5.47. The van der Waals surface area contributed by atoms with E-state index in [1.807, 2.05) is 0 Å². The Kier molecular flexibility index (Phi) is 3.59. The predicted molar refractivity (Wildman–Crippen MR) is 66.4 cm³/mol. The molecular formula is C13H11F3N2O. The lowest BCUT2D eigenvalue weighted by atomic mass is 10.1. The molecule has 0 amide bonds. The van der Waals surface area contributed by atoms with Gasteiger partial charge in [-0.15, -0.1) is 0 Å². The van der Waals surface area contributed by atoms with Gasteiger partial charge >= 0.3 is 6.18 Å². The van der Waals surface area contributed by atoms with Crippen molar-refractivity contribution < 1.29 is 17.6 Å². The second-order valence-corrected chi connectivity index (χ2v) is 3.77. The third-order valence-electron chi connectivity index (χ3n) is 2.43. The summed E-state index contributed by atoms with van der Waals surface area (Å²) in [6.45, 7) is 0. The van der Waals surface area contributed by atoms with Gasteiger partial charge in [0.05, 0.1) is 5.56 Å². The molecule has 0 radical (unpaired) electrons. The van der Waals surface area contributed by atoms with E-state index in [1.54, 1.807) is 19.2 Å². The average Bonchev–Trinajstić information content (AvgIpc) is 2.84. The van der Waals surface area contributed by atoms with E-state index < -0.39 is 11.7 Å². The molecule has 1 aromatic carbocycles. The Balaban J connectivity index is 2.11. The lowest BCUT2D eigenvalue weighted by Gasteiger charge is -2.05. The van der Waals surface area contributed by atoms with E-state index in [4.69, 9.17) is 4.42 Å². The highest BCUT2D eigenvalue weighted by Crippen LogP contribution is 2.29. The summed E-state index contributed by atoms with van der Waals surface area (Å²) in [5.41, 5.74) is -0.0320. The van der Waals surface area contributed by atoms with E-state index >= 15 is 0 Å². The Hall–Kier alpha value is -2.24. The van der Waals surface area contributed by atoms with Crippen molar-refractivity contribution in [2.75, 3.05) is 12.4 Å². The predicted octanol–water partition coefficient (Wildman–Crippen LogP) is 3.91. The van der Waals surface area contributed by atoms with Crippen LogP contribution in [0.25, 0.3) is 12.2 Å². The molecule has 0 aliphatic carbocycles. The lowest BCUT2D eigenvalue weighted by molar-refractivity contribution is -0.137. The number of oxazole rings is 1. The fraction of sp³-hybridized carbons (Fsp3) is 0.154. The number of nitrogens with one attached hydrogen (secondary N) is 1. The number of hydrogen-bond donors (Lipinski definition) is 1. The van der Waals surface area contributed by atoms with Gasteiger partial charge in [0.2, 0.25) is 5.89 Å². The minimum atomic E-state index is -4.31. The van der Waals surface area contributed by atoms with Crippen molar-refractivity contribution in [3.8, 4) is 0 Å². The van der Waals surface area contributed by atoms with Gasteiger partial charge in [-0.2, -0.15) is 18.2 Å². The third kappa shape index (κ3) is 3.37. The maximum atomic E-state index is 12.4. The maximum absolute atomic E-state index is 12.4. The first kappa shape index (κ1) is 13.2. The highest BCUT2D eigenvalue weighted by molar-refractivity contribution is 5.66. The summed E-state index contributed by atoms with van der Waals surface area (Å²) in [4.78, 5) is 4.06. The quantitative estimate of drug-likeness (QED) is 0.917. The monoisotopic (exact) mass is 268 g/mol. The smallest absolute Gasteiger partial charge is 0.416 e. The molecule has 0 saturated carbocycles. The van der Waals surface area contributed by atoms with Crippen LogP contribution in [0.3, 0.4) is 0 Å². The number of hydrogen-bond acceptors (Lipinski definition) is 3. The van der Waals surface area contributed by atoms with Crippen LogP contribution >= 0.6 is 0 Å². The SMILES string of the molecule is CNc1coc(/C=C/c2ccc(C(F)(F)F)cc2)n1. The van der Waals surface area contributed by atoms with Crippen LogP contribution in [0.15, 0.2) is 34.9 Å². The van der Waals surface area contributed by atoms with Crippen molar-refractivity contribution in [1.82, 2.24) is 4.98 Å². The lowest BCUT2D eigenvalue weighted by Crippen LogP contribution is -2.03. The summed E-state index contributed by atoms with van der Waals surface area (Å²) in [6.07, 6.45) is 0.355. The van der Waals surface area contributed by atoms with E-state index in [-0.39, 0.29) is 0 Å². The summed E-state index contributed by atoms with van der Waals surface area (Å²) in [6, 6.07) is 4.85. The first-order chi connectivity index (χ1) is 8.99. The molecule has 0 saturated heterocycles. The highest BCUT2D eigenvalue weighted by Gasteiger charge is 2.29. The molecular weight excluding hydrogens is 257 g/mol. The van der Waals surface area contributed by atoms with Crippen LogP contribution in [-0.4, -0.2) is 12.0 Å². The Morgan fingerprint density at radius 2 is 1.84 bits per heavy atom. The number of aromatic nitrogens is 1. The Bertz CT molecular complexity index is 570. The zero-order valence-corrected chi connectivity index (χ0v) is 10.0. The van der Waals surface area contributed by atoms with Crippen molar-refractivity contribution in [1.29, 1.82) is 0 Å². The molecule has 0 bridgehead atoms. The van der Waals surface area contributed by atoms with Crippen LogP contribution in [0.1, 0.15) is 17.0 Å². The van der Waals surface area contributed by atoms with Gasteiger partial charge in [-0.05, 0) is 23.8 Å². The maximum Gasteiger partial charge on any atom is 0.416 e. The normalized spacial score (nSPS) is 12.0. The molecule has 6 heteroatoms. The van der Waals surface area contributed by atoms with Crippen LogP contribution in [0, 0.1) is 0 Å². The van der Waals surface area contributed by atoms with E-state index in [2.05, 4.69) is 10.3 Å². The molecule has 1 heterocycles. The Morgan fingerprint density at radius 1 is 1.16 bits per heavy atom. The van der Waals surface area contributed by atoms with Crippen LogP contribution in [0.2, 0.25) is 0 Å². The molecule has 0 aliphatic heterocycles. The van der Waals surface area contributed by atoms with Gasteiger partial charge in [0, 0.05) is 13.1 Å². The number of nitrogens with zero attached hydrogens (tertiary/aromatic N) is 1. The van der Waals surface area contributed by atoms with E-state index in [0.29, 0.717) is 17.3 Å². The molecule has 2 rings (SSSR count). The van der Waals surface area contributed by atoms with Gasteiger partial charge in [-0.1, -0.05) is 12.1 Å². The minimum absolute atomic E-state index is 0.379. The zero-order valence-electron chi connectivity index (χ0n) is 10.0. The Morgan fingerprint density at radius 3 is 2.37 bits per heavy atom. The molecule has 100 valence electrons. The summed E-state index contributed by atoms with van der Waals surface area (Å²) in [7, 11) is 1.71. The summed E-state index contributed by atoms with van der Waals surface area (Å²) in [5, 5.41) is 2.81. The molecule has 1 N–H and O–H groups in total. The van der Waals surface area contributed by atoms with E-state index in [1.165, 1.54) is 18.4 Å². The second kappa shape index (κ2) is 5.17. The summed E-state index contributed by atoms with van der Waals surface area (Å²) in [5.74, 6) is 0.969. The zero-order chi connectivity index (χ0) is 13.9. The van der Waals surface area contributed by atoms with E-state index in [0.717, 1.165) is 12.1 Å². The molecule has 0 atom stereocenters.